The Hall–Kier alpha value is -3.51. The van der Waals surface area contributed by atoms with Gasteiger partial charge in [-0.05, 0) is 55.5 Å². The maximum atomic E-state index is 13.5. The summed E-state index contributed by atoms with van der Waals surface area (Å²) in [5, 5.41) is 14.6. The van der Waals surface area contributed by atoms with E-state index < -0.39 is 15.3 Å². The minimum atomic E-state index is -2.94. The number of Topliss-reactive ketones (excluding diaryl/α,β-unsaturated/α-hetero) is 1. The van der Waals surface area contributed by atoms with E-state index in [2.05, 4.69) is 28.1 Å². The average Bonchev–Trinajstić information content (AvgIpc) is 3.60. The molecule has 9 heteroatoms. The average molecular weight is 544 g/mol. The maximum absolute atomic E-state index is 13.5. The van der Waals surface area contributed by atoms with Crippen LogP contribution >= 0.6 is 0 Å². The fraction of sp³-hybridized carbons (Fsp3) is 0.467. The summed E-state index contributed by atoms with van der Waals surface area (Å²) in [6, 6.07) is 14.5. The summed E-state index contributed by atoms with van der Waals surface area (Å²) in [4.78, 5) is 19.9. The van der Waals surface area contributed by atoms with E-state index in [4.69, 9.17) is 5.10 Å². The molecule has 1 aliphatic heterocycles. The number of hydrogen-bond donors (Lipinski definition) is 0. The van der Waals surface area contributed by atoms with Gasteiger partial charge in [-0.1, -0.05) is 25.0 Å². The summed E-state index contributed by atoms with van der Waals surface area (Å²) in [5.41, 5.74) is 4.36. The summed E-state index contributed by atoms with van der Waals surface area (Å²) in [5.74, 6) is 0.439. The fourth-order valence-electron chi connectivity index (χ4n) is 6.11. The summed E-state index contributed by atoms with van der Waals surface area (Å²) in [6.07, 6.45) is 11.3. The van der Waals surface area contributed by atoms with Gasteiger partial charge in [0.05, 0.1) is 40.6 Å². The first kappa shape index (κ1) is 25.8. The van der Waals surface area contributed by atoms with Gasteiger partial charge in [0.1, 0.15) is 5.78 Å². The molecule has 3 heterocycles. The van der Waals surface area contributed by atoms with Gasteiger partial charge in [-0.25, -0.2) is 13.1 Å². The van der Waals surface area contributed by atoms with E-state index in [0.717, 1.165) is 66.7 Å². The van der Waals surface area contributed by atoms with E-state index in [-0.39, 0.29) is 29.1 Å². The summed E-state index contributed by atoms with van der Waals surface area (Å²) >= 11 is 0. The van der Waals surface area contributed by atoms with E-state index in [0.29, 0.717) is 19.5 Å². The number of hydrogen-bond acceptors (Lipinski definition) is 7. The van der Waals surface area contributed by atoms with Crippen LogP contribution < -0.4 is 4.90 Å². The molecule has 3 fully saturated rings. The standard InChI is InChI=1S/C30H33N5O3S/c31-21-30(11-12-30)18-28(36)25-5-1-2-6-26(25)29-27(20-35(33-29)24-4-3-13-32-19-24)22-7-9-23(10-8-22)34-14-16-39(37,38)17-15-34/h3-4,7-10,13,19-20,25-26H,1-2,5-6,11-12,14-18H2/t25-,26-/m1/s1. The maximum Gasteiger partial charge on any atom is 0.153 e. The van der Waals surface area contributed by atoms with Crippen LogP contribution in [0.1, 0.15) is 56.6 Å². The van der Waals surface area contributed by atoms with Crippen LogP contribution in [0.25, 0.3) is 16.8 Å². The second kappa shape index (κ2) is 10.2. The van der Waals surface area contributed by atoms with E-state index in [1.54, 1.807) is 12.4 Å². The number of sulfone groups is 1. The molecule has 2 atom stereocenters. The van der Waals surface area contributed by atoms with E-state index in [9.17, 15) is 18.5 Å². The van der Waals surface area contributed by atoms with Gasteiger partial charge in [0.15, 0.2) is 9.84 Å². The number of rotatable bonds is 7. The second-order valence-electron chi connectivity index (χ2n) is 11.3. The van der Waals surface area contributed by atoms with Gasteiger partial charge in [0.25, 0.3) is 0 Å². The van der Waals surface area contributed by atoms with Crippen LogP contribution in [0.3, 0.4) is 0 Å². The molecule has 2 aliphatic carbocycles. The SMILES string of the molecule is N#CC1(CC(=O)[C@@H]2CCCC[C@H]2c2nn(-c3cccnc3)cc2-c2ccc(N3CCS(=O)(=O)CC3)cc2)CC1. The summed E-state index contributed by atoms with van der Waals surface area (Å²) in [7, 11) is -2.94. The molecule has 8 nitrogen and oxygen atoms in total. The van der Waals surface area contributed by atoms with Gasteiger partial charge in [-0.2, -0.15) is 10.4 Å². The normalized spacial score (nSPS) is 23.6. The van der Waals surface area contributed by atoms with Crippen LogP contribution in [0.4, 0.5) is 5.69 Å². The van der Waals surface area contributed by atoms with Crippen molar-refractivity contribution in [3.05, 3.63) is 60.7 Å². The molecule has 0 bridgehead atoms. The number of benzene rings is 1. The van der Waals surface area contributed by atoms with Crippen LogP contribution in [0, 0.1) is 22.7 Å². The van der Waals surface area contributed by atoms with Crippen molar-refractivity contribution in [2.24, 2.45) is 11.3 Å². The molecule has 6 rings (SSSR count). The Bertz CT molecular complexity index is 1490. The van der Waals surface area contributed by atoms with Crippen molar-refractivity contribution in [3.63, 3.8) is 0 Å². The zero-order valence-corrected chi connectivity index (χ0v) is 22.8. The minimum absolute atomic E-state index is 0.000594. The topological polar surface area (TPSA) is 109 Å². The number of anilines is 1. The number of carbonyl (C=O) groups excluding carboxylic acids is 1. The highest BCUT2D eigenvalue weighted by Crippen LogP contribution is 2.51. The van der Waals surface area contributed by atoms with Crippen molar-refractivity contribution in [2.45, 2.75) is 50.9 Å². The summed E-state index contributed by atoms with van der Waals surface area (Å²) in [6.45, 7) is 1.00. The third-order valence-electron chi connectivity index (χ3n) is 8.68. The minimum Gasteiger partial charge on any atom is -0.369 e. The molecule has 0 spiro atoms. The van der Waals surface area contributed by atoms with Crippen LogP contribution in [0.2, 0.25) is 0 Å². The van der Waals surface area contributed by atoms with Crippen LogP contribution in [-0.4, -0.2) is 53.6 Å². The lowest BCUT2D eigenvalue weighted by Gasteiger charge is -2.31. The molecule has 1 saturated heterocycles. The van der Waals surface area contributed by atoms with Crippen LogP contribution in [0.5, 0.6) is 0 Å². The van der Waals surface area contributed by atoms with Gasteiger partial charge < -0.3 is 4.90 Å². The van der Waals surface area contributed by atoms with E-state index in [1.165, 1.54) is 0 Å². The number of ketones is 1. The molecule has 2 aromatic heterocycles. The smallest absolute Gasteiger partial charge is 0.153 e. The molecule has 0 amide bonds. The number of aromatic nitrogens is 3. The number of nitrogens with zero attached hydrogens (tertiary/aromatic N) is 5. The summed E-state index contributed by atoms with van der Waals surface area (Å²) < 4.78 is 25.6. The van der Waals surface area contributed by atoms with Crippen molar-refractivity contribution in [1.82, 2.24) is 14.8 Å². The Morgan fingerprint density at radius 1 is 1.05 bits per heavy atom. The Labute approximate surface area is 229 Å². The molecule has 2 saturated carbocycles. The zero-order valence-electron chi connectivity index (χ0n) is 22.0. The zero-order chi connectivity index (χ0) is 27.0. The molecule has 202 valence electrons. The molecular weight excluding hydrogens is 510 g/mol. The lowest BCUT2D eigenvalue weighted by molar-refractivity contribution is -0.125. The highest BCUT2D eigenvalue weighted by molar-refractivity contribution is 7.91. The first-order chi connectivity index (χ1) is 18.9. The fourth-order valence-corrected chi connectivity index (χ4v) is 7.32. The molecule has 39 heavy (non-hydrogen) atoms. The highest BCUT2D eigenvalue weighted by Gasteiger charge is 2.47. The second-order valence-corrected chi connectivity index (χ2v) is 13.6. The third kappa shape index (κ3) is 5.35. The molecule has 0 N–H and O–H groups in total. The van der Waals surface area contributed by atoms with Gasteiger partial charge in [-0.3, -0.25) is 9.78 Å². The van der Waals surface area contributed by atoms with Crippen LogP contribution in [0.15, 0.2) is 55.0 Å². The number of carbonyl (C=O) groups is 1. The van der Waals surface area contributed by atoms with Crippen molar-refractivity contribution >= 4 is 21.3 Å². The predicted molar refractivity (Wildman–Crippen MR) is 149 cm³/mol. The van der Waals surface area contributed by atoms with Gasteiger partial charge in [0, 0.05) is 55.0 Å². The van der Waals surface area contributed by atoms with E-state index in [1.807, 2.05) is 35.1 Å². The first-order valence-electron chi connectivity index (χ1n) is 13.9. The molecule has 0 radical (unpaired) electrons. The first-order valence-corrected chi connectivity index (χ1v) is 15.7. The highest BCUT2D eigenvalue weighted by atomic mass is 32.2. The largest absolute Gasteiger partial charge is 0.369 e. The van der Waals surface area contributed by atoms with Crippen molar-refractivity contribution in [3.8, 4) is 22.9 Å². The van der Waals surface area contributed by atoms with Crippen molar-refractivity contribution < 1.29 is 13.2 Å². The van der Waals surface area contributed by atoms with Gasteiger partial charge in [0.2, 0.25) is 0 Å². The van der Waals surface area contributed by atoms with Crippen molar-refractivity contribution in [1.29, 1.82) is 5.26 Å². The van der Waals surface area contributed by atoms with Crippen LogP contribution in [-0.2, 0) is 14.6 Å². The molecule has 1 aromatic carbocycles. The van der Waals surface area contributed by atoms with Crippen molar-refractivity contribution in [2.75, 3.05) is 29.5 Å². The molecule has 0 unspecified atom stereocenters. The molecule has 3 aromatic rings. The number of pyridine rings is 1. The van der Waals surface area contributed by atoms with Gasteiger partial charge in [-0.15, -0.1) is 0 Å². The predicted octanol–water partition coefficient (Wildman–Crippen LogP) is 4.71. The third-order valence-corrected chi connectivity index (χ3v) is 10.3. The lowest BCUT2D eigenvalue weighted by Crippen LogP contribution is -2.40. The quantitative estimate of drug-likeness (QED) is 0.425. The lowest BCUT2D eigenvalue weighted by atomic mass is 9.72. The Morgan fingerprint density at radius 2 is 1.79 bits per heavy atom. The Morgan fingerprint density at radius 3 is 2.46 bits per heavy atom. The molecule has 3 aliphatic rings. The van der Waals surface area contributed by atoms with E-state index >= 15 is 0 Å². The Balaban J connectivity index is 1.34. The van der Waals surface area contributed by atoms with Gasteiger partial charge >= 0.3 is 0 Å². The number of nitriles is 1. The monoisotopic (exact) mass is 543 g/mol. The molecular formula is C30H33N5O3S. The Kier molecular flexibility index (Phi) is 6.76.